The van der Waals surface area contributed by atoms with Gasteiger partial charge in [-0.3, -0.25) is 10.1 Å². The van der Waals surface area contributed by atoms with E-state index >= 15 is 0 Å². The maximum atomic E-state index is 12.0. The highest BCUT2D eigenvalue weighted by Gasteiger charge is 2.17. The first-order valence-corrected chi connectivity index (χ1v) is 6.05. The quantitative estimate of drug-likeness (QED) is 0.375. The third-order valence-electron chi connectivity index (χ3n) is 2.57. The van der Waals surface area contributed by atoms with E-state index in [-0.39, 0.29) is 22.0 Å². The Morgan fingerprint density at radius 2 is 1.90 bits per heavy atom. The number of carbonyl (C=O) groups excluding carboxylic acids is 1. The molecule has 0 amide bonds. The number of carbonyl (C=O) groups is 1. The van der Waals surface area contributed by atoms with E-state index < -0.39 is 10.9 Å². The van der Waals surface area contributed by atoms with Gasteiger partial charge in [-0.05, 0) is 30.3 Å². The summed E-state index contributed by atoms with van der Waals surface area (Å²) in [5.41, 5.74) is 0.0598. The number of nitro benzene ring substituents is 1. The largest absolute Gasteiger partial charge is 0.423 e. The van der Waals surface area contributed by atoms with Gasteiger partial charge in [0.2, 0.25) is 0 Å². The molecule has 7 heteroatoms. The van der Waals surface area contributed by atoms with Gasteiger partial charge in [0.1, 0.15) is 5.75 Å². The Bertz CT molecular complexity index is 751. The fourth-order valence-corrected chi connectivity index (χ4v) is 1.74. The number of nitrogens with zero attached hydrogens (tertiary/aromatic N) is 2. The molecule has 0 aliphatic heterocycles. The van der Waals surface area contributed by atoms with Crippen molar-refractivity contribution in [2.24, 2.45) is 0 Å². The second-order valence-corrected chi connectivity index (χ2v) is 4.35. The van der Waals surface area contributed by atoms with Crippen molar-refractivity contribution in [3.8, 4) is 11.8 Å². The molecule has 21 heavy (non-hydrogen) atoms. The van der Waals surface area contributed by atoms with E-state index in [9.17, 15) is 14.9 Å². The zero-order valence-electron chi connectivity index (χ0n) is 10.4. The minimum absolute atomic E-state index is 0.0549. The highest BCUT2D eigenvalue weighted by Crippen LogP contribution is 2.24. The van der Waals surface area contributed by atoms with E-state index in [1.807, 2.05) is 6.07 Å². The van der Waals surface area contributed by atoms with Gasteiger partial charge >= 0.3 is 5.97 Å². The summed E-state index contributed by atoms with van der Waals surface area (Å²) in [7, 11) is 0. The molecule has 2 rings (SSSR count). The topological polar surface area (TPSA) is 93.2 Å². The Morgan fingerprint density at radius 1 is 1.24 bits per heavy atom. The number of nitriles is 1. The van der Waals surface area contributed by atoms with Crippen molar-refractivity contribution in [3.05, 3.63) is 68.7 Å². The maximum Gasteiger partial charge on any atom is 0.345 e. The summed E-state index contributed by atoms with van der Waals surface area (Å²) >= 11 is 5.84. The summed E-state index contributed by atoms with van der Waals surface area (Å²) < 4.78 is 5.06. The second kappa shape index (κ2) is 6.03. The normalized spacial score (nSPS) is 9.71. The fraction of sp³-hybridized carbons (Fsp3) is 0. The van der Waals surface area contributed by atoms with E-state index in [0.717, 1.165) is 6.07 Å². The number of rotatable bonds is 3. The molecule has 104 valence electrons. The van der Waals surface area contributed by atoms with Gasteiger partial charge in [-0.25, -0.2) is 4.79 Å². The van der Waals surface area contributed by atoms with Crippen LogP contribution in [0.15, 0.2) is 42.5 Å². The van der Waals surface area contributed by atoms with Crippen LogP contribution in [-0.4, -0.2) is 10.9 Å². The molecule has 0 heterocycles. The highest BCUT2D eigenvalue weighted by atomic mass is 35.5. The van der Waals surface area contributed by atoms with Crippen LogP contribution in [0.25, 0.3) is 0 Å². The molecule has 0 aliphatic carbocycles. The number of hydrogen-bond acceptors (Lipinski definition) is 5. The van der Waals surface area contributed by atoms with Crippen molar-refractivity contribution in [3.63, 3.8) is 0 Å². The minimum atomic E-state index is -0.812. The van der Waals surface area contributed by atoms with Crippen molar-refractivity contribution in [2.75, 3.05) is 0 Å². The lowest BCUT2D eigenvalue weighted by atomic mass is 10.2. The molecule has 0 unspecified atom stereocenters. The lowest BCUT2D eigenvalue weighted by molar-refractivity contribution is -0.384. The van der Waals surface area contributed by atoms with Crippen LogP contribution in [0, 0.1) is 21.4 Å². The van der Waals surface area contributed by atoms with Gasteiger partial charge in [0.05, 0.1) is 27.1 Å². The molecule has 6 nitrogen and oxygen atoms in total. The number of benzene rings is 2. The number of esters is 1. The number of halogens is 1. The molecular weight excluding hydrogens is 296 g/mol. The number of hydrogen-bond donors (Lipinski definition) is 0. The predicted octanol–water partition coefficient (Wildman–Crippen LogP) is 3.34. The van der Waals surface area contributed by atoms with Crippen molar-refractivity contribution in [1.29, 1.82) is 5.26 Å². The van der Waals surface area contributed by atoms with Crippen molar-refractivity contribution in [1.82, 2.24) is 0 Å². The van der Waals surface area contributed by atoms with Gasteiger partial charge < -0.3 is 4.74 Å². The van der Waals surface area contributed by atoms with Crippen molar-refractivity contribution in [2.45, 2.75) is 0 Å². The molecule has 2 aromatic rings. The standard InChI is InChI=1S/C14H7ClN2O4/c15-13-6-3-10(17(19)20)7-12(13)14(18)21-11-4-1-9(8-16)2-5-11/h1-7H. The lowest BCUT2D eigenvalue weighted by Gasteiger charge is -2.05. The zero-order chi connectivity index (χ0) is 15.4. The summed E-state index contributed by atoms with van der Waals surface area (Å²) in [6.45, 7) is 0. The summed E-state index contributed by atoms with van der Waals surface area (Å²) in [6.07, 6.45) is 0. The highest BCUT2D eigenvalue weighted by molar-refractivity contribution is 6.33. The average molecular weight is 303 g/mol. The molecule has 0 atom stereocenters. The minimum Gasteiger partial charge on any atom is -0.423 e. The molecule has 0 fully saturated rings. The second-order valence-electron chi connectivity index (χ2n) is 3.95. The number of ether oxygens (including phenoxy) is 1. The average Bonchev–Trinajstić information content (AvgIpc) is 2.48. The Morgan fingerprint density at radius 3 is 2.48 bits per heavy atom. The first-order valence-electron chi connectivity index (χ1n) is 5.67. The van der Waals surface area contributed by atoms with Crippen LogP contribution >= 0.6 is 11.6 Å². The Labute approximate surface area is 124 Å². The monoisotopic (exact) mass is 302 g/mol. The smallest absolute Gasteiger partial charge is 0.345 e. The molecule has 2 aromatic carbocycles. The van der Waals surface area contributed by atoms with Crippen LogP contribution in [-0.2, 0) is 0 Å². The summed E-state index contributed by atoms with van der Waals surface area (Å²) in [5, 5.41) is 19.4. The zero-order valence-corrected chi connectivity index (χ0v) is 11.2. The molecule has 0 spiro atoms. The van der Waals surface area contributed by atoms with Gasteiger partial charge in [0.25, 0.3) is 5.69 Å². The van der Waals surface area contributed by atoms with E-state index in [2.05, 4.69) is 0 Å². The van der Waals surface area contributed by atoms with Crippen LogP contribution in [0.5, 0.6) is 5.75 Å². The Kier molecular flexibility index (Phi) is 4.16. The van der Waals surface area contributed by atoms with E-state index in [0.29, 0.717) is 5.56 Å². The van der Waals surface area contributed by atoms with Gasteiger partial charge in [0.15, 0.2) is 0 Å². The van der Waals surface area contributed by atoms with Crippen molar-refractivity contribution >= 4 is 23.3 Å². The molecule has 0 aliphatic rings. The number of non-ortho nitro benzene ring substituents is 1. The lowest BCUT2D eigenvalue weighted by Crippen LogP contribution is -2.09. The van der Waals surface area contributed by atoms with Crippen molar-refractivity contribution < 1.29 is 14.5 Å². The van der Waals surface area contributed by atoms with Gasteiger partial charge in [-0.1, -0.05) is 11.6 Å². The third-order valence-corrected chi connectivity index (χ3v) is 2.90. The molecule has 0 saturated heterocycles. The SMILES string of the molecule is N#Cc1ccc(OC(=O)c2cc([N+](=O)[O-])ccc2Cl)cc1. The van der Waals surface area contributed by atoms with Crippen LogP contribution in [0.2, 0.25) is 5.02 Å². The van der Waals surface area contributed by atoms with E-state index in [1.54, 1.807) is 0 Å². The number of nitro groups is 1. The summed E-state index contributed by atoms with van der Waals surface area (Å²) in [4.78, 5) is 22.0. The first kappa shape index (κ1) is 14.5. The first-order chi connectivity index (χ1) is 10.0. The van der Waals surface area contributed by atoms with Gasteiger partial charge in [0, 0.05) is 12.1 Å². The van der Waals surface area contributed by atoms with E-state index in [1.165, 1.54) is 36.4 Å². The Hall–Kier alpha value is -2.91. The maximum absolute atomic E-state index is 12.0. The molecule has 0 bridgehead atoms. The van der Waals surface area contributed by atoms with E-state index in [4.69, 9.17) is 21.6 Å². The van der Waals surface area contributed by atoms with Crippen LogP contribution in [0.1, 0.15) is 15.9 Å². The predicted molar refractivity (Wildman–Crippen MR) is 74.2 cm³/mol. The summed E-state index contributed by atoms with van der Waals surface area (Å²) in [5.74, 6) is -0.602. The Balaban J connectivity index is 2.25. The van der Waals surface area contributed by atoms with Crippen LogP contribution in [0.3, 0.4) is 0 Å². The molecule has 0 radical (unpaired) electrons. The summed E-state index contributed by atoms with van der Waals surface area (Å²) in [6, 6.07) is 11.3. The van der Waals surface area contributed by atoms with Crippen LogP contribution < -0.4 is 4.74 Å². The molecule has 0 N–H and O–H groups in total. The molecular formula is C14H7ClN2O4. The third kappa shape index (κ3) is 3.35. The van der Waals surface area contributed by atoms with Gasteiger partial charge in [-0.15, -0.1) is 0 Å². The molecule has 0 saturated carbocycles. The molecule has 0 aromatic heterocycles. The van der Waals surface area contributed by atoms with Gasteiger partial charge in [-0.2, -0.15) is 5.26 Å². The van der Waals surface area contributed by atoms with Crippen LogP contribution in [0.4, 0.5) is 5.69 Å². The fourth-order valence-electron chi connectivity index (χ4n) is 1.54.